The zero-order valence-corrected chi connectivity index (χ0v) is 26.6. The van der Waals surface area contributed by atoms with Crippen molar-refractivity contribution in [3.8, 4) is 0 Å². The maximum atomic E-state index is 14.9. The topological polar surface area (TPSA) is 107 Å². The number of fused-ring (bicyclic) bond motifs is 2. The molecule has 0 aromatic heterocycles. The Morgan fingerprint density at radius 2 is 1.41 bits per heavy atom. The van der Waals surface area contributed by atoms with Crippen LogP contribution < -0.4 is 4.90 Å². The second kappa shape index (κ2) is 12.6. The largest absolute Gasteiger partial charge is 0.481 e. The van der Waals surface area contributed by atoms with Crippen molar-refractivity contribution in [3.05, 3.63) is 101 Å². The van der Waals surface area contributed by atoms with E-state index in [1.54, 1.807) is 30.6 Å². The standard InChI is InChI=1S/C37H41N3O6/c1-37(2,3)46-36(45)40-30-16-10-9-14-26(30)21-32(40)35(44)39-28(19-24-11-5-4-6-12-24)17-18-31(39)34(43)38-23-27-15-8-7-13-25(27)20-29(38)22-33(41)42/h4-16,28-29,31-32H,17-23H2,1-3H3,(H,41,42)/t28-,29+,31+,32+/m0/s1. The summed E-state index contributed by atoms with van der Waals surface area (Å²) in [5.74, 6) is -1.52. The number of aliphatic carboxylic acids is 1. The molecule has 3 aromatic carbocycles. The van der Waals surface area contributed by atoms with Crippen LogP contribution in [0, 0.1) is 0 Å². The molecule has 1 saturated heterocycles. The minimum Gasteiger partial charge on any atom is -0.481 e. The highest BCUT2D eigenvalue weighted by atomic mass is 16.6. The predicted octanol–water partition coefficient (Wildman–Crippen LogP) is 5.38. The molecule has 9 nitrogen and oxygen atoms in total. The molecule has 3 amide bonds. The number of hydrogen-bond donors (Lipinski definition) is 1. The summed E-state index contributed by atoms with van der Waals surface area (Å²) in [7, 11) is 0. The molecule has 1 fully saturated rings. The van der Waals surface area contributed by atoms with Gasteiger partial charge in [-0.3, -0.25) is 19.3 Å². The molecular weight excluding hydrogens is 582 g/mol. The van der Waals surface area contributed by atoms with Gasteiger partial charge in [0.25, 0.3) is 0 Å². The van der Waals surface area contributed by atoms with Crippen LogP contribution in [-0.2, 0) is 44.9 Å². The molecule has 3 heterocycles. The number of benzene rings is 3. The highest BCUT2D eigenvalue weighted by molar-refractivity contribution is 6.02. The van der Waals surface area contributed by atoms with E-state index < -0.39 is 35.8 Å². The Hall–Kier alpha value is -4.66. The molecule has 3 aliphatic rings. The first-order chi connectivity index (χ1) is 22.0. The predicted molar refractivity (Wildman–Crippen MR) is 173 cm³/mol. The molecule has 0 unspecified atom stereocenters. The fourth-order valence-electron chi connectivity index (χ4n) is 7.26. The van der Waals surface area contributed by atoms with E-state index in [0.29, 0.717) is 37.8 Å². The number of amides is 3. The van der Waals surface area contributed by atoms with E-state index >= 15 is 0 Å². The number of carbonyl (C=O) groups is 4. The molecule has 6 rings (SSSR count). The Bertz CT molecular complexity index is 1630. The van der Waals surface area contributed by atoms with Gasteiger partial charge < -0.3 is 19.6 Å². The van der Waals surface area contributed by atoms with E-state index in [0.717, 1.165) is 22.3 Å². The lowest BCUT2D eigenvalue weighted by Crippen LogP contribution is -2.59. The summed E-state index contributed by atoms with van der Waals surface area (Å²) in [5, 5.41) is 9.76. The molecule has 3 aliphatic heterocycles. The second-order valence-corrected chi connectivity index (χ2v) is 13.6. The van der Waals surface area contributed by atoms with Gasteiger partial charge in [0.05, 0.1) is 12.1 Å². The van der Waals surface area contributed by atoms with Gasteiger partial charge in [-0.15, -0.1) is 0 Å². The van der Waals surface area contributed by atoms with Crippen LogP contribution in [0.5, 0.6) is 0 Å². The van der Waals surface area contributed by atoms with Gasteiger partial charge in [0.15, 0.2) is 0 Å². The van der Waals surface area contributed by atoms with Crippen molar-refractivity contribution in [2.24, 2.45) is 0 Å². The van der Waals surface area contributed by atoms with Crippen molar-refractivity contribution in [2.75, 3.05) is 4.90 Å². The van der Waals surface area contributed by atoms with Crippen molar-refractivity contribution in [1.29, 1.82) is 0 Å². The summed E-state index contributed by atoms with van der Waals surface area (Å²) in [4.78, 5) is 59.9. The summed E-state index contributed by atoms with van der Waals surface area (Å²) < 4.78 is 5.78. The summed E-state index contributed by atoms with van der Waals surface area (Å²) in [6, 6.07) is 22.7. The molecule has 0 radical (unpaired) electrons. The van der Waals surface area contributed by atoms with Gasteiger partial charge in [0, 0.05) is 25.0 Å². The van der Waals surface area contributed by atoms with Crippen molar-refractivity contribution in [2.45, 2.75) is 95.6 Å². The highest BCUT2D eigenvalue weighted by Gasteiger charge is 2.50. The third-order valence-electron chi connectivity index (χ3n) is 9.26. The number of likely N-dealkylation sites (tertiary alicyclic amines) is 1. The van der Waals surface area contributed by atoms with Crippen LogP contribution in [0.15, 0.2) is 78.9 Å². The molecule has 4 atom stereocenters. The van der Waals surface area contributed by atoms with Crippen molar-refractivity contribution < 1.29 is 29.0 Å². The first kappa shape index (κ1) is 31.3. The van der Waals surface area contributed by atoms with Crippen LogP contribution in [-0.4, -0.2) is 68.6 Å². The molecular formula is C37H41N3O6. The first-order valence-corrected chi connectivity index (χ1v) is 16.1. The molecule has 0 bridgehead atoms. The highest BCUT2D eigenvalue weighted by Crippen LogP contribution is 2.38. The van der Waals surface area contributed by atoms with Gasteiger partial charge in [-0.2, -0.15) is 0 Å². The molecule has 3 aromatic rings. The normalized spacial score (nSPS) is 22.3. The number of carbonyl (C=O) groups excluding carboxylic acids is 3. The monoisotopic (exact) mass is 623 g/mol. The van der Waals surface area contributed by atoms with Gasteiger partial charge in [-0.1, -0.05) is 72.8 Å². The fraction of sp³-hybridized carbons (Fsp3) is 0.405. The quantitative estimate of drug-likeness (QED) is 0.395. The minimum atomic E-state index is -0.972. The number of rotatable bonds is 6. The van der Waals surface area contributed by atoms with Crippen molar-refractivity contribution in [3.63, 3.8) is 0 Å². The lowest BCUT2D eigenvalue weighted by molar-refractivity contribution is -0.150. The van der Waals surface area contributed by atoms with Crippen molar-refractivity contribution in [1.82, 2.24) is 9.80 Å². The molecule has 0 saturated carbocycles. The van der Waals surface area contributed by atoms with Gasteiger partial charge >= 0.3 is 12.1 Å². The third-order valence-corrected chi connectivity index (χ3v) is 9.26. The number of hydrogen-bond acceptors (Lipinski definition) is 5. The zero-order chi connectivity index (χ0) is 32.6. The maximum Gasteiger partial charge on any atom is 0.415 e. The molecule has 240 valence electrons. The Morgan fingerprint density at radius 3 is 2.11 bits per heavy atom. The van der Waals surface area contributed by atoms with E-state index in [9.17, 15) is 24.3 Å². The number of ether oxygens (including phenoxy) is 1. The maximum absolute atomic E-state index is 14.9. The number of para-hydroxylation sites is 1. The van der Waals surface area contributed by atoms with E-state index in [-0.39, 0.29) is 30.8 Å². The molecule has 0 aliphatic carbocycles. The van der Waals surface area contributed by atoms with Crippen LogP contribution >= 0.6 is 0 Å². The SMILES string of the molecule is CC(C)(C)OC(=O)N1c2ccccc2C[C@@H]1C(=O)N1[C@H](Cc2ccccc2)CC[C@@H]1C(=O)N1Cc2ccccc2C[C@@H]1CC(=O)O. The van der Waals surface area contributed by atoms with Crippen molar-refractivity contribution >= 4 is 29.6 Å². The van der Waals surface area contributed by atoms with E-state index in [1.807, 2.05) is 78.9 Å². The first-order valence-electron chi connectivity index (χ1n) is 16.1. The lowest BCUT2D eigenvalue weighted by atomic mass is 9.91. The number of carboxylic acids is 1. The Labute approximate surface area is 269 Å². The average molecular weight is 624 g/mol. The van der Waals surface area contributed by atoms with Gasteiger partial charge in [-0.05, 0) is 74.8 Å². The molecule has 0 spiro atoms. The minimum absolute atomic E-state index is 0.182. The van der Waals surface area contributed by atoms with Gasteiger partial charge in [0.1, 0.15) is 17.7 Å². The van der Waals surface area contributed by atoms with E-state index in [4.69, 9.17) is 4.74 Å². The molecule has 9 heteroatoms. The zero-order valence-electron chi connectivity index (χ0n) is 26.6. The van der Waals surface area contributed by atoms with Gasteiger partial charge in [-0.25, -0.2) is 4.79 Å². The van der Waals surface area contributed by atoms with Crippen LogP contribution in [0.1, 0.15) is 62.3 Å². The van der Waals surface area contributed by atoms with E-state index in [1.165, 1.54) is 4.90 Å². The smallest absolute Gasteiger partial charge is 0.415 e. The average Bonchev–Trinajstić information content (AvgIpc) is 3.61. The number of anilines is 1. The lowest BCUT2D eigenvalue weighted by Gasteiger charge is -2.41. The van der Waals surface area contributed by atoms with Crippen LogP contribution in [0.4, 0.5) is 10.5 Å². The summed E-state index contributed by atoms with van der Waals surface area (Å²) in [6.07, 6.45) is 1.58. The third kappa shape index (κ3) is 6.36. The van der Waals surface area contributed by atoms with Crippen LogP contribution in [0.3, 0.4) is 0 Å². The van der Waals surface area contributed by atoms with E-state index in [2.05, 4.69) is 0 Å². The van der Waals surface area contributed by atoms with Crippen LogP contribution in [0.25, 0.3) is 0 Å². The Balaban J connectivity index is 1.36. The Kier molecular flexibility index (Phi) is 8.59. The number of carboxylic acid groups (broad SMARTS) is 1. The summed E-state index contributed by atoms with van der Waals surface area (Å²) in [6.45, 7) is 5.66. The molecule has 1 N–H and O–H groups in total. The fourth-order valence-corrected chi connectivity index (χ4v) is 7.26. The van der Waals surface area contributed by atoms with Gasteiger partial charge in [0.2, 0.25) is 11.8 Å². The molecule has 46 heavy (non-hydrogen) atoms. The second-order valence-electron chi connectivity index (χ2n) is 13.6. The summed E-state index contributed by atoms with van der Waals surface area (Å²) >= 11 is 0. The van der Waals surface area contributed by atoms with Crippen LogP contribution in [0.2, 0.25) is 0 Å². The summed E-state index contributed by atoms with van der Waals surface area (Å²) in [5.41, 5.74) is 3.79. The Morgan fingerprint density at radius 1 is 0.761 bits per heavy atom. The number of nitrogens with zero attached hydrogens (tertiary/aromatic N) is 3.